The Hall–Kier alpha value is -1.56. The van der Waals surface area contributed by atoms with Crippen LogP contribution in [0, 0.1) is 11.2 Å². The number of aliphatic hydroxyl groups excluding tert-OH is 1. The van der Waals surface area contributed by atoms with Crippen LogP contribution in [-0.2, 0) is 16.9 Å². The molecule has 5 nitrogen and oxygen atoms in total. The van der Waals surface area contributed by atoms with Gasteiger partial charge in [0.25, 0.3) is 5.91 Å². The van der Waals surface area contributed by atoms with Crippen molar-refractivity contribution in [2.24, 2.45) is 5.41 Å². The van der Waals surface area contributed by atoms with Gasteiger partial charge in [-0.1, -0.05) is 25.6 Å². The molecule has 4 rings (SSSR count). The van der Waals surface area contributed by atoms with Crippen LogP contribution in [0.25, 0.3) is 0 Å². The number of fused-ring (bicyclic) bond motifs is 1. The molecule has 1 atom stereocenters. The Kier molecular flexibility index (Phi) is 6.63. The maximum absolute atomic E-state index is 15.4. The Morgan fingerprint density at radius 2 is 1.97 bits per heavy atom. The molecule has 1 fully saturated rings. The summed E-state index contributed by atoms with van der Waals surface area (Å²) in [6.07, 6.45) is 0.777. The second-order valence-corrected chi connectivity index (χ2v) is 12.6. The van der Waals surface area contributed by atoms with Gasteiger partial charge in [-0.3, -0.25) is 4.79 Å². The molecule has 178 valence electrons. The number of rotatable bonds is 8. The van der Waals surface area contributed by atoms with Crippen molar-refractivity contribution in [3.63, 3.8) is 0 Å². The third-order valence-corrected chi connectivity index (χ3v) is 8.18. The topological polar surface area (TPSA) is 70.0 Å². The van der Waals surface area contributed by atoms with E-state index in [1.807, 2.05) is 12.1 Å². The predicted octanol–water partition coefficient (Wildman–Crippen LogP) is 4.52. The van der Waals surface area contributed by atoms with Gasteiger partial charge in [-0.2, -0.15) is 0 Å². The molecule has 1 heterocycles. The van der Waals surface area contributed by atoms with Gasteiger partial charge in [0, 0.05) is 22.5 Å². The summed E-state index contributed by atoms with van der Waals surface area (Å²) in [6, 6.07) is 8.45. The molecule has 0 bridgehead atoms. The van der Waals surface area contributed by atoms with E-state index in [0.29, 0.717) is 10.6 Å². The molecule has 1 aliphatic heterocycles. The number of amides is 1. The molecular formula is C25H30ClFNO4P. The summed E-state index contributed by atoms with van der Waals surface area (Å²) in [6.45, 7) is 7.83. The van der Waals surface area contributed by atoms with Crippen molar-refractivity contribution in [1.82, 2.24) is 4.90 Å². The van der Waals surface area contributed by atoms with Crippen LogP contribution in [0.1, 0.15) is 60.0 Å². The molecule has 2 aromatic carbocycles. The first-order chi connectivity index (χ1) is 15.5. The zero-order valence-corrected chi connectivity index (χ0v) is 21.0. The standard InChI is InChI=1S/C25H30ClFNO4P/c1-24(2,31)16-9-18-21(19(27)10-16)23(32-14-25(13-29)7-8-25)28(22(18)30)12-15-5-6-17(26)11-20(15)33(3)4/h5-6,9-11,23,29,31H,7-8,12-14H2,1-4H3. The molecule has 2 aromatic rings. The van der Waals surface area contributed by atoms with E-state index in [2.05, 4.69) is 13.3 Å². The summed E-state index contributed by atoms with van der Waals surface area (Å²) in [5.41, 5.74) is 0.0620. The summed E-state index contributed by atoms with van der Waals surface area (Å²) < 4.78 is 21.5. The van der Waals surface area contributed by atoms with E-state index < -0.39 is 25.6 Å². The van der Waals surface area contributed by atoms with Gasteiger partial charge in [0.2, 0.25) is 0 Å². The van der Waals surface area contributed by atoms with Crippen LogP contribution in [0.15, 0.2) is 30.3 Å². The lowest BCUT2D eigenvalue weighted by atomic mass is 9.94. The number of aliphatic hydroxyl groups is 2. The van der Waals surface area contributed by atoms with E-state index in [0.717, 1.165) is 23.7 Å². The Morgan fingerprint density at radius 1 is 1.27 bits per heavy atom. The average molecular weight is 494 g/mol. The Bertz CT molecular complexity index is 1080. The summed E-state index contributed by atoms with van der Waals surface area (Å²) in [7, 11) is -0.489. The summed E-state index contributed by atoms with van der Waals surface area (Å²) in [5, 5.41) is 21.8. The maximum Gasteiger partial charge on any atom is 0.257 e. The molecule has 0 saturated heterocycles. The SMILES string of the molecule is CP(C)c1cc(Cl)ccc1CN1C(=O)c2cc(C(C)(C)O)cc(F)c2C1OCC1(CO)CC1. The van der Waals surface area contributed by atoms with Gasteiger partial charge >= 0.3 is 0 Å². The number of ether oxygens (including phenoxy) is 1. The molecule has 1 aliphatic carbocycles. The van der Waals surface area contributed by atoms with Gasteiger partial charge in [0.05, 0.1) is 24.4 Å². The second kappa shape index (κ2) is 8.90. The minimum absolute atomic E-state index is 0.00204. The highest BCUT2D eigenvalue weighted by molar-refractivity contribution is 7.64. The lowest BCUT2D eigenvalue weighted by Crippen LogP contribution is -2.32. The van der Waals surface area contributed by atoms with Crippen LogP contribution in [0.2, 0.25) is 5.02 Å². The molecule has 1 saturated carbocycles. The van der Waals surface area contributed by atoms with Gasteiger partial charge in [-0.05, 0) is 80.7 Å². The van der Waals surface area contributed by atoms with Crippen LogP contribution in [-0.4, -0.2) is 47.6 Å². The smallest absolute Gasteiger partial charge is 0.257 e. The van der Waals surface area contributed by atoms with Gasteiger partial charge < -0.3 is 19.8 Å². The number of halogens is 2. The number of carbonyl (C=O) groups is 1. The van der Waals surface area contributed by atoms with E-state index in [9.17, 15) is 15.0 Å². The van der Waals surface area contributed by atoms with Crippen LogP contribution >= 0.6 is 19.5 Å². The van der Waals surface area contributed by atoms with Crippen molar-refractivity contribution < 1.29 is 24.1 Å². The molecule has 1 amide bonds. The van der Waals surface area contributed by atoms with Crippen molar-refractivity contribution in [1.29, 1.82) is 0 Å². The lowest BCUT2D eigenvalue weighted by Gasteiger charge is -2.28. The van der Waals surface area contributed by atoms with Crippen molar-refractivity contribution >= 4 is 30.7 Å². The first kappa shape index (κ1) is 24.6. The molecule has 2 aliphatic rings. The first-order valence-electron chi connectivity index (χ1n) is 11.0. The lowest BCUT2D eigenvalue weighted by molar-refractivity contribution is -0.0672. The second-order valence-electron chi connectivity index (χ2n) is 9.90. The third-order valence-electron chi connectivity index (χ3n) is 6.57. The van der Waals surface area contributed by atoms with Gasteiger partial charge in [-0.15, -0.1) is 0 Å². The average Bonchev–Trinajstić information content (AvgIpc) is 3.48. The highest BCUT2D eigenvalue weighted by atomic mass is 35.5. The molecular weight excluding hydrogens is 464 g/mol. The van der Waals surface area contributed by atoms with Crippen LogP contribution in [0.5, 0.6) is 0 Å². The van der Waals surface area contributed by atoms with Crippen molar-refractivity contribution in [3.05, 3.63) is 63.4 Å². The van der Waals surface area contributed by atoms with E-state index in [1.165, 1.54) is 6.07 Å². The van der Waals surface area contributed by atoms with Gasteiger partial charge in [0.15, 0.2) is 6.23 Å². The van der Waals surface area contributed by atoms with E-state index in [4.69, 9.17) is 16.3 Å². The maximum atomic E-state index is 15.4. The fourth-order valence-electron chi connectivity index (χ4n) is 4.20. The van der Waals surface area contributed by atoms with Gasteiger partial charge in [0.1, 0.15) is 5.82 Å². The highest BCUT2D eigenvalue weighted by Crippen LogP contribution is 2.48. The highest BCUT2D eigenvalue weighted by Gasteiger charge is 2.46. The van der Waals surface area contributed by atoms with Crippen molar-refractivity contribution in [2.75, 3.05) is 26.5 Å². The number of hydrogen-bond donors (Lipinski definition) is 2. The van der Waals surface area contributed by atoms with Crippen molar-refractivity contribution in [2.45, 2.75) is 45.1 Å². The predicted molar refractivity (Wildman–Crippen MR) is 129 cm³/mol. The fourth-order valence-corrected chi connectivity index (χ4v) is 5.56. The van der Waals surface area contributed by atoms with Gasteiger partial charge in [-0.25, -0.2) is 4.39 Å². The Morgan fingerprint density at radius 3 is 2.55 bits per heavy atom. The number of hydrogen-bond acceptors (Lipinski definition) is 4. The van der Waals surface area contributed by atoms with Crippen molar-refractivity contribution in [3.8, 4) is 0 Å². The number of nitrogens with zero attached hydrogens (tertiary/aromatic N) is 1. The Labute approximate surface area is 200 Å². The number of benzene rings is 2. The Balaban J connectivity index is 1.74. The molecule has 2 N–H and O–H groups in total. The third kappa shape index (κ3) is 4.82. The quantitative estimate of drug-likeness (QED) is 0.531. The zero-order chi connectivity index (χ0) is 24.1. The molecule has 0 aromatic heterocycles. The van der Waals surface area contributed by atoms with Crippen LogP contribution in [0.4, 0.5) is 4.39 Å². The van der Waals surface area contributed by atoms with Crippen LogP contribution in [0.3, 0.4) is 0 Å². The van der Waals surface area contributed by atoms with E-state index in [1.54, 1.807) is 30.9 Å². The minimum atomic E-state index is -1.29. The fraction of sp³-hybridized carbons (Fsp3) is 0.480. The number of carbonyl (C=O) groups excluding carboxylic acids is 1. The summed E-state index contributed by atoms with van der Waals surface area (Å²) >= 11 is 6.22. The van der Waals surface area contributed by atoms with E-state index >= 15 is 4.39 Å². The molecule has 8 heteroatoms. The molecule has 1 unspecified atom stereocenters. The minimum Gasteiger partial charge on any atom is -0.396 e. The zero-order valence-electron chi connectivity index (χ0n) is 19.4. The van der Waals surface area contributed by atoms with Crippen LogP contribution < -0.4 is 5.30 Å². The molecule has 0 radical (unpaired) electrons. The van der Waals surface area contributed by atoms with E-state index in [-0.39, 0.29) is 42.2 Å². The largest absolute Gasteiger partial charge is 0.396 e. The summed E-state index contributed by atoms with van der Waals surface area (Å²) in [5.74, 6) is -0.921. The normalized spacial score (nSPS) is 19.4. The summed E-state index contributed by atoms with van der Waals surface area (Å²) in [4.78, 5) is 15.1. The monoisotopic (exact) mass is 493 g/mol. The first-order valence-corrected chi connectivity index (χ1v) is 13.6. The molecule has 33 heavy (non-hydrogen) atoms. The molecule has 0 spiro atoms.